The molecule has 3 aromatic rings. The van der Waals surface area contributed by atoms with Crippen molar-refractivity contribution in [2.45, 2.75) is 19.4 Å². The molecule has 2 aromatic carbocycles. The highest BCUT2D eigenvalue weighted by molar-refractivity contribution is 5.81. The molecule has 0 radical (unpaired) electrons. The average molecular weight is 322 g/mol. The average Bonchev–Trinajstić information content (AvgIpc) is 2.99. The summed E-state index contributed by atoms with van der Waals surface area (Å²) in [6.45, 7) is 0.521. The Hall–Kier alpha value is -2.75. The fourth-order valence-corrected chi connectivity index (χ4v) is 2.79. The SMILES string of the molecule is COc1cccc(CNC(=O)CCc2ccc3ccn(C)c3c2)c1. The first-order valence-electron chi connectivity index (χ1n) is 8.09. The zero-order chi connectivity index (χ0) is 16.9. The summed E-state index contributed by atoms with van der Waals surface area (Å²) in [5.41, 5.74) is 3.41. The molecule has 24 heavy (non-hydrogen) atoms. The van der Waals surface area contributed by atoms with Gasteiger partial charge in [-0.2, -0.15) is 0 Å². The standard InChI is InChI=1S/C20H22N2O2/c1-22-11-10-17-8-6-15(13-19(17)22)7-9-20(23)21-14-16-4-3-5-18(12-16)24-2/h3-6,8,10-13H,7,9,14H2,1-2H3,(H,21,23). The zero-order valence-corrected chi connectivity index (χ0v) is 14.1. The lowest BCUT2D eigenvalue weighted by molar-refractivity contribution is -0.121. The second-order valence-electron chi connectivity index (χ2n) is 5.95. The minimum Gasteiger partial charge on any atom is -0.497 e. The number of nitrogens with one attached hydrogen (secondary N) is 1. The highest BCUT2D eigenvalue weighted by atomic mass is 16.5. The summed E-state index contributed by atoms with van der Waals surface area (Å²) >= 11 is 0. The third kappa shape index (κ3) is 3.77. The van der Waals surface area contributed by atoms with Crippen LogP contribution in [0.4, 0.5) is 0 Å². The molecule has 0 fully saturated rings. The van der Waals surface area contributed by atoms with Crippen LogP contribution in [0.25, 0.3) is 10.9 Å². The number of carbonyl (C=O) groups excluding carboxylic acids is 1. The summed E-state index contributed by atoms with van der Waals surface area (Å²) in [5.74, 6) is 0.863. The number of hydrogen-bond donors (Lipinski definition) is 1. The topological polar surface area (TPSA) is 43.3 Å². The molecule has 0 saturated heterocycles. The molecule has 124 valence electrons. The van der Waals surface area contributed by atoms with Gasteiger partial charge in [0, 0.05) is 31.7 Å². The molecule has 0 aliphatic rings. The number of aromatic nitrogens is 1. The summed E-state index contributed by atoms with van der Waals surface area (Å²) in [5, 5.41) is 4.19. The van der Waals surface area contributed by atoms with Crippen LogP contribution in [-0.4, -0.2) is 17.6 Å². The lowest BCUT2D eigenvalue weighted by Gasteiger charge is -2.07. The van der Waals surface area contributed by atoms with E-state index in [4.69, 9.17) is 4.74 Å². The first-order valence-corrected chi connectivity index (χ1v) is 8.09. The Bertz CT molecular complexity index is 852. The maximum atomic E-state index is 12.1. The predicted molar refractivity (Wildman–Crippen MR) is 96.1 cm³/mol. The second-order valence-corrected chi connectivity index (χ2v) is 5.95. The van der Waals surface area contributed by atoms with Gasteiger partial charge < -0.3 is 14.6 Å². The smallest absolute Gasteiger partial charge is 0.220 e. The molecule has 0 bridgehead atoms. The molecule has 3 rings (SSSR count). The van der Waals surface area contributed by atoms with Crippen LogP contribution in [0.5, 0.6) is 5.75 Å². The van der Waals surface area contributed by atoms with Gasteiger partial charge in [0.25, 0.3) is 0 Å². The zero-order valence-electron chi connectivity index (χ0n) is 14.1. The van der Waals surface area contributed by atoms with Crippen molar-refractivity contribution in [1.82, 2.24) is 9.88 Å². The molecule has 0 spiro atoms. The van der Waals surface area contributed by atoms with E-state index >= 15 is 0 Å². The Labute approximate surface area is 142 Å². The Morgan fingerprint density at radius 3 is 2.83 bits per heavy atom. The van der Waals surface area contributed by atoms with Crippen molar-refractivity contribution in [2.75, 3.05) is 7.11 Å². The van der Waals surface area contributed by atoms with Crippen LogP contribution in [0.1, 0.15) is 17.5 Å². The summed E-state index contributed by atoms with van der Waals surface area (Å²) in [7, 11) is 3.67. The third-order valence-electron chi connectivity index (χ3n) is 4.22. The van der Waals surface area contributed by atoms with Crippen molar-refractivity contribution in [2.24, 2.45) is 7.05 Å². The molecular weight excluding hydrogens is 300 g/mol. The minimum atomic E-state index is 0.0600. The number of methoxy groups -OCH3 is 1. The van der Waals surface area contributed by atoms with Crippen LogP contribution in [0.2, 0.25) is 0 Å². The normalized spacial score (nSPS) is 10.8. The van der Waals surface area contributed by atoms with Gasteiger partial charge in [0.15, 0.2) is 0 Å². The number of fused-ring (bicyclic) bond motifs is 1. The lowest BCUT2D eigenvalue weighted by atomic mass is 10.1. The van der Waals surface area contributed by atoms with Crippen LogP contribution in [-0.2, 0) is 24.8 Å². The van der Waals surface area contributed by atoms with Crippen LogP contribution in [0.3, 0.4) is 0 Å². The molecule has 0 aliphatic heterocycles. The second kappa shape index (κ2) is 7.21. The first kappa shape index (κ1) is 16.1. The summed E-state index contributed by atoms with van der Waals surface area (Å²) in [6.07, 6.45) is 3.28. The Kier molecular flexibility index (Phi) is 4.85. The molecule has 1 amide bonds. The van der Waals surface area contributed by atoms with E-state index in [1.807, 2.05) is 31.3 Å². The van der Waals surface area contributed by atoms with Crippen LogP contribution >= 0.6 is 0 Å². The molecule has 0 atom stereocenters. The summed E-state index contributed by atoms with van der Waals surface area (Å²) in [6, 6.07) is 16.2. The van der Waals surface area contributed by atoms with Gasteiger partial charge in [0.2, 0.25) is 5.91 Å². The van der Waals surface area contributed by atoms with E-state index in [1.54, 1.807) is 7.11 Å². The van der Waals surface area contributed by atoms with Gasteiger partial charge in [0.1, 0.15) is 5.75 Å². The Morgan fingerprint density at radius 1 is 1.12 bits per heavy atom. The monoisotopic (exact) mass is 322 g/mol. The van der Waals surface area contributed by atoms with Gasteiger partial charge in [-0.3, -0.25) is 4.79 Å². The van der Waals surface area contributed by atoms with E-state index in [1.165, 1.54) is 16.5 Å². The van der Waals surface area contributed by atoms with Gasteiger partial charge in [-0.25, -0.2) is 0 Å². The minimum absolute atomic E-state index is 0.0600. The Balaban J connectivity index is 1.53. The fraction of sp³-hybridized carbons (Fsp3) is 0.250. The van der Waals surface area contributed by atoms with Gasteiger partial charge in [0.05, 0.1) is 7.11 Å². The van der Waals surface area contributed by atoms with Crippen LogP contribution < -0.4 is 10.1 Å². The van der Waals surface area contributed by atoms with E-state index in [2.05, 4.69) is 40.3 Å². The van der Waals surface area contributed by atoms with E-state index in [0.717, 1.165) is 17.7 Å². The maximum absolute atomic E-state index is 12.1. The molecule has 1 heterocycles. The number of aryl methyl sites for hydroxylation is 2. The molecule has 4 nitrogen and oxygen atoms in total. The van der Waals surface area contributed by atoms with Crippen LogP contribution in [0.15, 0.2) is 54.7 Å². The number of ether oxygens (including phenoxy) is 1. The van der Waals surface area contributed by atoms with Crippen molar-refractivity contribution in [3.8, 4) is 5.75 Å². The molecular formula is C20H22N2O2. The first-order chi connectivity index (χ1) is 11.7. The number of nitrogens with zero attached hydrogens (tertiary/aromatic N) is 1. The largest absolute Gasteiger partial charge is 0.497 e. The summed E-state index contributed by atoms with van der Waals surface area (Å²) < 4.78 is 7.29. The highest BCUT2D eigenvalue weighted by Gasteiger charge is 2.05. The van der Waals surface area contributed by atoms with Crippen molar-refractivity contribution < 1.29 is 9.53 Å². The van der Waals surface area contributed by atoms with Crippen molar-refractivity contribution in [1.29, 1.82) is 0 Å². The molecule has 1 N–H and O–H groups in total. The molecule has 0 saturated carbocycles. The quantitative estimate of drug-likeness (QED) is 0.755. The van der Waals surface area contributed by atoms with Gasteiger partial charge in [-0.05, 0) is 47.2 Å². The molecule has 4 heteroatoms. The fourth-order valence-electron chi connectivity index (χ4n) is 2.79. The van der Waals surface area contributed by atoms with E-state index in [0.29, 0.717) is 13.0 Å². The van der Waals surface area contributed by atoms with E-state index < -0.39 is 0 Å². The number of amides is 1. The lowest BCUT2D eigenvalue weighted by Crippen LogP contribution is -2.23. The maximum Gasteiger partial charge on any atom is 0.220 e. The Morgan fingerprint density at radius 2 is 2.00 bits per heavy atom. The number of hydrogen-bond acceptors (Lipinski definition) is 2. The predicted octanol–water partition coefficient (Wildman–Crippen LogP) is 3.44. The number of carbonyl (C=O) groups is 1. The molecule has 0 unspecified atom stereocenters. The van der Waals surface area contributed by atoms with E-state index in [-0.39, 0.29) is 5.91 Å². The number of benzene rings is 2. The van der Waals surface area contributed by atoms with E-state index in [9.17, 15) is 4.79 Å². The number of rotatable bonds is 6. The highest BCUT2D eigenvalue weighted by Crippen LogP contribution is 2.17. The third-order valence-corrected chi connectivity index (χ3v) is 4.22. The van der Waals surface area contributed by atoms with Crippen molar-refractivity contribution in [3.05, 3.63) is 65.9 Å². The molecule has 1 aromatic heterocycles. The summed E-state index contributed by atoms with van der Waals surface area (Å²) in [4.78, 5) is 12.1. The van der Waals surface area contributed by atoms with Crippen molar-refractivity contribution in [3.63, 3.8) is 0 Å². The van der Waals surface area contributed by atoms with Gasteiger partial charge in [-0.1, -0.05) is 24.3 Å². The van der Waals surface area contributed by atoms with Gasteiger partial charge >= 0.3 is 0 Å². The molecule has 0 aliphatic carbocycles. The van der Waals surface area contributed by atoms with Crippen LogP contribution in [0, 0.1) is 0 Å². The van der Waals surface area contributed by atoms with Crippen molar-refractivity contribution >= 4 is 16.8 Å². The van der Waals surface area contributed by atoms with Gasteiger partial charge in [-0.15, -0.1) is 0 Å².